The van der Waals surface area contributed by atoms with Crippen molar-refractivity contribution in [2.24, 2.45) is 0 Å². The number of amides is 1. The summed E-state index contributed by atoms with van der Waals surface area (Å²) in [6.07, 6.45) is 1.62. The largest absolute Gasteiger partial charge is 0.493 e. The van der Waals surface area contributed by atoms with Gasteiger partial charge in [0.1, 0.15) is 23.2 Å². The summed E-state index contributed by atoms with van der Waals surface area (Å²) in [7, 11) is 0. The average Bonchev–Trinajstić information content (AvgIpc) is 2.66. The van der Waals surface area contributed by atoms with Crippen LogP contribution in [0.2, 0.25) is 0 Å². The number of para-hydroxylation sites is 1. The van der Waals surface area contributed by atoms with E-state index in [4.69, 9.17) is 4.74 Å². The molecule has 7 heteroatoms. The van der Waals surface area contributed by atoms with Gasteiger partial charge >= 0.3 is 0 Å². The van der Waals surface area contributed by atoms with Gasteiger partial charge in [0, 0.05) is 6.07 Å². The molecule has 1 amide bonds. The molecule has 2 aromatic carbocycles. The Hall–Kier alpha value is -3.48. The number of pyridine rings is 1. The number of hydrogen-bond acceptors (Lipinski definition) is 4. The zero-order chi connectivity index (χ0) is 19.1. The highest BCUT2D eigenvalue weighted by Crippen LogP contribution is 2.21. The van der Waals surface area contributed by atoms with E-state index in [0.717, 1.165) is 12.1 Å². The van der Waals surface area contributed by atoms with Crippen molar-refractivity contribution in [2.45, 2.75) is 6.42 Å². The van der Waals surface area contributed by atoms with Crippen LogP contribution in [0.4, 0.5) is 26.0 Å². The standard InChI is InChI=1S/C20H17F2N3O2/c21-14-6-8-18(17(22)12-14)24-15-7-9-19(23-13-15)25-20(26)10-11-27-16-4-2-1-3-5-16/h1-9,12-13,24H,10-11H2,(H,23,25,26). The average molecular weight is 369 g/mol. The van der Waals surface area contributed by atoms with E-state index in [1.54, 1.807) is 12.1 Å². The monoisotopic (exact) mass is 369 g/mol. The van der Waals surface area contributed by atoms with E-state index in [-0.39, 0.29) is 24.6 Å². The van der Waals surface area contributed by atoms with E-state index in [1.165, 1.54) is 12.3 Å². The van der Waals surface area contributed by atoms with Crippen molar-refractivity contribution in [2.75, 3.05) is 17.2 Å². The van der Waals surface area contributed by atoms with Crippen LogP contribution < -0.4 is 15.4 Å². The molecule has 138 valence electrons. The normalized spacial score (nSPS) is 10.3. The molecule has 0 fully saturated rings. The molecule has 0 unspecified atom stereocenters. The SMILES string of the molecule is O=C(CCOc1ccccc1)Nc1ccc(Nc2ccc(F)cc2F)cn1. The number of carbonyl (C=O) groups excluding carboxylic acids is 1. The van der Waals surface area contributed by atoms with Crippen LogP contribution in [-0.2, 0) is 4.79 Å². The third kappa shape index (κ3) is 5.50. The Morgan fingerprint density at radius 1 is 1.04 bits per heavy atom. The van der Waals surface area contributed by atoms with E-state index in [2.05, 4.69) is 15.6 Å². The highest BCUT2D eigenvalue weighted by molar-refractivity contribution is 5.89. The summed E-state index contributed by atoms with van der Waals surface area (Å²) < 4.78 is 32.0. The molecule has 0 aliphatic rings. The van der Waals surface area contributed by atoms with Gasteiger partial charge in [0.2, 0.25) is 5.91 Å². The summed E-state index contributed by atoms with van der Waals surface area (Å²) in [6.45, 7) is 0.249. The molecule has 2 N–H and O–H groups in total. The highest BCUT2D eigenvalue weighted by Gasteiger charge is 2.06. The predicted octanol–water partition coefficient (Wildman–Crippen LogP) is 4.51. The van der Waals surface area contributed by atoms with Crippen LogP contribution in [0.5, 0.6) is 5.75 Å². The van der Waals surface area contributed by atoms with Crippen molar-refractivity contribution >= 4 is 23.1 Å². The van der Waals surface area contributed by atoms with Crippen molar-refractivity contribution in [3.63, 3.8) is 0 Å². The third-order valence-electron chi connectivity index (χ3n) is 3.58. The number of nitrogens with one attached hydrogen (secondary N) is 2. The van der Waals surface area contributed by atoms with Gasteiger partial charge in [-0.05, 0) is 36.4 Å². The lowest BCUT2D eigenvalue weighted by Crippen LogP contribution is -2.16. The first-order chi connectivity index (χ1) is 13.1. The fraction of sp³-hybridized carbons (Fsp3) is 0.100. The van der Waals surface area contributed by atoms with E-state index >= 15 is 0 Å². The first-order valence-electron chi connectivity index (χ1n) is 8.26. The second kappa shape index (κ2) is 8.75. The first kappa shape index (κ1) is 18.3. The summed E-state index contributed by atoms with van der Waals surface area (Å²) in [5, 5.41) is 5.45. The zero-order valence-corrected chi connectivity index (χ0v) is 14.3. The van der Waals surface area contributed by atoms with Crippen molar-refractivity contribution in [3.05, 3.63) is 78.5 Å². The van der Waals surface area contributed by atoms with Gasteiger partial charge in [-0.2, -0.15) is 0 Å². The summed E-state index contributed by atoms with van der Waals surface area (Å²) in [4.78, 5) is 16.0. The summed E-state index contributed by atoms with van der Waals surface area (Å²) >= 11 is 0. The quantitative estimate of drug-likeness (QED) is 0.643. The summed E-state index contributed by atoms with van der Waals surface area (Å²) in [6, 6.07) is 15.7. The molecule has 0 aliphatic heterocycles. The maximum absolute atomic E-state index is 13.6. The Bertz CT molecular complexity index is 903. The van der Waals surface area contributed by atoms with Crippen molar-refractivity contribution in [3.8, 4) is 5.75 Å². The number of ether oxygens (including phenoxy) is 1. The Morgan fingerprint density at radius 2 is 1.85 bits per heavy atom. The van der Waals surface area contributed by atoms with Gasteiger partial charge in [0.25, 0.3) is 0 Å². The van der Waals surface area contributed by atoms with E-state index in [9.17, 15) is 13.6 Å². The molecule has 0 radical (unpaired) electrons. The molecule has 0 aliphatic carbocycles. The van der Waals surface area contributed by atoms with Gasteiger partial charge < -0.3 is 15.4 Å². The number of aromatic nitrogens is 1. The molecule has 0 spiro atoms. The van der Waals surface area contributed by atoms with Gasteiger partial charge in [0.05, 0.1) is 30.6 Å². The zero-order valence-electron chi connectivity index (χ0n) is 14.3. The molecule has 0 bridgehead atoms. The topological polar surface area (TPSA) is 63.2 Å². The van der Waals surface area contributed by atoms with Gasteiger partial charge in [-0.25, -0.2) is 13.8 Å². The number of anilines is 3. The molecule has 5 nitrogen and oxygen atoms in total. The van der Waals surface area contributed by atoms with Crippen LogP contribution in [-0.4, -0.2) is 17.5 Å². The minimum absolute atomic E-state index is 0.132. The maximum Gasteiger partial charge on any atom is 0.228 e. The smallest absolute Gasteiger partial charge is 0.228 e. The van der Waals surface area contributed by atoms with Gasteiger partial charge in [-0.3, -0.25) is 4.79 Å². The second-order valence-corrected chi connectivity index (χ2v) is 5.64. The molecular formula is C20H17F2N3O2. The number of carbonyl (C=O) groups is 1. The highest BCUT2D eigenvalue weighted by atomic mass is 19.1. The Morgan fingerprint density at radius 3 is 2.56 bits per heavy atom. The molecule has 0 atom stereocenters. The van der Waals surface area contributed by atoms with Gasteiger partial charge in [-0.15, -0.1) is 0 Å². The first-order valence-corrected chi connectivity index (χ1v) is 8.26. The van der Waals surface area contributed by atoms with Crippen LogP contribution in [0.3, 0.4) is 0 Å². The number of halogens is 2. The van der Waals surface area contributed by atoms with Crippen molar-refractivity contribution in [1.29, 1.82) is 0 Å². The number of benzene rings is 2. The molecule has 3 rings (SSSR count). The minimum atomic E-state index is -0.703. The van der Waals surface area contributed by atoms with Crippen LogP contribution in [0.15, 0.2) is 66.9 Å². The number of hydrogen-bond donors (Lipinski definition) is 2. The van der Waals surface area contributed by atoms with E-state index in [1.807, 2.05) is 30.3 Å². The molecule has 0 saturated heterocycles. The lowest BCUT2D eigenvalue weighted by atomic mass is 10.3. The lowest BCUT2D eigenvalue weighted by molar-refractivity contribution is -0.116. The molecule has 0 saturated carbocycles. The van der Waals surface area contributed by atoms with Crippen molar-refractivity contribution < 1.29 is 18.3 Å². The number of rotatable bonds is 7. The Labute approximate surface area is 155 Å². The van der Waals surface area contributed by atoms with Crippen LogP contribution in [0, 0.1) is 11.6 Å². The predicted molar refractivity (Wildman–Crippen MR) is 99.1 cm³/mol. The lowest BCUT2D eigenvalue weighted by Gasteiger charge is -2.09. The van der Waals surface area contributed by atoms with Crippen LogP contribution in [0.25, 0.3) is 0 Å². The fourth-order valence-corrected chi connectivity index (χ4v) is 2.27. The van der Waals surface area contributed by atoms with Crippen LogP contribution >= 0.6 is 0 Å². The van der Waals surface area contributed by atoms with Gasteiger partial charge in [-0.1, -0.05) is 18.2 Å². The van der Waals surface area contributed by atoms with E-state index < -0.39 is 11.6 Å². The molecule has 1 heterocycles. The minimum Gasteiger partial charge on any atom is -0.493 e. The molecular weight excluding hydrogens is 352 g/mol. The Balaban J connectivity index is 1.49. The molecule has 1 aromatic heterocycles. The third-order valence-corrected chi connectivity index (χ3v) is 3.58. The summed E-state index contributed by atoms with van der Waals surface area (Å²) in [5.41, 5.74) is 0.638. The number of nitrogens with zero attached hydrogens (tertiary/aromatic N) is 1. The molecule has 27 heavy (non-hydrogen) atoms. The second-order valence-electron chi connectivity index (χ2n) is 5.64. The fourth-order valence-electron chi connectivity index (χ4n) is 2.27. The van der Waals surface area contributed by atoms with Crippen molar-refractivity contribution in [1.82, 2.24) is 4.98 Å². The maximum atomic E-state index is 13.6. The van der Waals surface area contributed by atoms with Crippen LogP contribution in [0.1, 0.15) is 6.42 Å². The van der Waals surface area contributed by atoms with E-state index in [0.29, 0.717) is 17.3 Å². The van der Waals surface area contributed by atoms with Gasteiger partial charge in [0.15, 0.2) is 0 Å². The summed E-state index contributed by atoms with van der Waals surface area (Å²) in [5.74, 6) is -0.517. The Kier molecular flexibility index (Phi) is 5.94. The molecule has 3 aromatic rings.